The van der Waals surface area contributed by atoms with E-state index in [4.69, 9.17) is 5.11 Å². The molecule has 17 heavy (non-hydrogen) atoms. The Balaban J connectivity index is 1.72. The molecule has 2 aliphatic rings. The van der Waals surface area contributed by atoms with Gasteiger partial charge in [0.15, 0.2) is 5.69 Å². The Bertz CT molecular complexity index is 451. The lowest BCUT2D eigenvalue weighted by atomic mass is 9.53. The van der Waals surface area contributed by atoms with Crippen molar-refractivity contribution < 1.29 is 9.90 Å². The minimum absolute atomic E-state index is 0.0458. The minimum atomic E-state index is -1.01. The lowest BCUT2D eigenvalue weighted by Gasteiger charge is -2.56. The normalized spacial score (nSPS) is 24.8. The number of carboxylic acid groups (broad SMARTS) is 1. The maximum atomic E-state index is 10.8. The zero-order valence-corrected chi connectivity index (χ0v) is 9.52. The molecule has 2 fully saturated rings. The number of nitrogens with zero attached hydrogens (tertiary/aromatic N) is 2. The second-order valence-electron chi connectivity index (χ2n) is 5.02. The van der Waals surface area contributed by atoms with Crippen LogP contribution in [-0.4, -0.2) is 27.1 Å². The summed E-state index contributed by atoms with van der Waals surface area (Å²) in [7, 11) is 0. The topological polar surface area (TPSA) is 75.1 Å². The van der Waals surface area contributed by atoms with Crippen LogP contribution in [0.5, 0.6) is 0 Å². The summed E-state index contributed by atoms with van der Waals surface area (Å²) in [5.74, 6) is -0.566. The molecule has 2 N–H and O–H groups in total. The van der Waals surface area contributed by atoms with Crippen molar-refractivity contribution >= 4 is 11.9 Å². The Labute approximate surface area is 99.3 Å². The van der Waals surface area contributed by atoms with Crippen LogP contribution in [0.4, 0.5) is 5.95 Å². The number of aromatic carboxylic acids is 1. The van der Waals surface area contributed by atoms with Crippen molar-refractivity contribution in [3.05, 3.63) is 18.0 Å². The molecule has 3 rings (SSSR count). The fourth-order valence-corrected chi connectivity index (χ4v) is 2.85. The molecule has 1 unspecified atom stereocenters. The molecule has 1 spiro atoms. The van der Waals surface area contributed by atoms with Crippen molar-refractivity contribution in [2.75, 3.05) is 5.32 Å². The number of nitrogens with one attached hydrogen (secondary N) is 1. The van der Waals surface area contributed by atoms with Gasteiger partial charge in [-0.25, -0.2) is 14.8 Å². The molecule has 5 heteroatoms. The Morgan fingerprint density at radius 3 is 2.82 bits per heavy atom. The van der Waals surface area contributed by atoms with Gasteiger partial charge in [0.1, 0.15) is 0 Å². The summed E-state index contributed by atoms with van der Waals surface area (Å²) < 4.78 is 0. The Kier molecular flexibility index (Phi) is 2.28. The minimum Gasteiger partial charge on any atom is -0.477 e. The molecule has 1 aromatic rings. The number of anilines is 1. The highest BCUT2D eigenvalue weighted by Crippen LogP contribution is 2.56. The maximum Gasteiger partial charge on any atom is 0.354 e. The van der Waals surface area contributed by atoms with Gasteiger partial charge in [0.2, 0.25) is 5.95 Å². The number of hydrogen-bond donors (Lipinski definition) is 2. The van der Waals surface area contributed by atoms with Gasteiger partial charge >= 0.3 is 5.97 Å². The van der Waals surface area contributed by atoms with E-state index in [2.05, 4.69) is 15.3 Å². The van der Waals surface area contributed by atoms with Gasteiger partial charge in [-0.1, -0.05) is 6.42 Å². The lowest BCUT2D eigenvalue weighted by molar-refractivity contribution is 0.0126. The highest BCUT2D eigenvalue weighted by atomic mass is 16.4. The monoisotopic (exact) mass is 233 g/mol. The maximum absolute atomic E-state index is 10.8. The molecule has 2 aliphatic carbocycles. The van der Waals surface area contributed by atoms with Crippen LogP contribution < -0.4 is 5.32 Å². The second kappa shape index (κ2) is 3.68. The van der Waals surface area contributed by atoms with E-state index in [-0.39, 0.29) is 5.69 Å². The first-order valence-electron chi connectivity index (χ1n) is 6.03. The van der Waals surface area contributed by atoms with E-state index in [1.807, 2.05) is 0 Å². The molecule has 0 aliphatic heterocycles. The van der Waals surface area contributed by atoms with Crippen molar-refractivity contribution in [1.82, 2.24) is 9.97 Å². The summed E-state index contributed by atoms with van der Waals surface area (Å²) in [4.78, 5) is 18.9. The summed E-state index contributed by atoms with van der Waals surface area (Å²) in [6.07, 6.45) is 7.79. The fourth-order valence-electron chi connectivity index (χ4n) is 2.85. The van der Waals surface area contributed by atoms with Crippen LogP contribution in [0.2, 0.25) is 0 Å². The van der Waals surface area contributed by atoms with Crippen molar-refractivity contribution in [3.8, 4) is 0 Å². The van der Waals surface area contributed by atoms with Gasteiger partial charge in [0.05, 0.1) is 0 Å². The van der Waals surface area contributed by atoms with Crippen LogP contribution in [0.1, 0.15) is 42.6 Å². The predicted molar refractivity (Wildman–Crippen MR) is 61.9 cm³/mol. The van der Waals surface area contributed by atoms with Crippen LogP contribution in [0.3, 0.4) is 0 Å². The van der Waals surface area contributed by atoms with Crippen molar-refractivity contribution in [2.45, 2.75) is 38.1 Å². The molecule has 0 saturated heterocycles. The lowest BCUT2D eigenvalue weighted by Crippen LogP contribution is -2.53. The van der Waals surface area contributed by atoms with E-state index in [0.29, 0.717) is 17.4 Å². The van der Waals surface area contributed by atoms with Crippen LogP contribution in [0, 0.1) is 5.41 Å². The van der Waals surface area contributed by atoms with E-state index in [1.54, 1.807) is 0 Å². The third kappa shape index (κ3) is 1.66. The van der Waals surface area contributed by atoms with Crippen LogP contribution in [0.15, 0.2) is 12.3 Å². The van der Waals surface area contributed by atoms with Crippen molar-refractivity contribution in [3.63, 3.8) is 0 Å². The van der Waals surface area contributed by atoms with Crippen LogP contribution in [0.25, 0.3) is 0 Å². The quantitative estimate of drug-likeness (QED) is 0.834. The zero-order valence-electron chi connectivity index (χ0n) is 9.52. The highest BCUT2D eigenvalue weighted by Gasteiger charge is 2.50. The van der Waals surface area contributed by atoms with E-state index in [0.717, 1.165) is 6.42 Å². The first-order chi connectivity index (χ1) is 8.20. The summed E-state index contributed by atoms with van der Waals surface area (Å²) in [5.41, 5.74) is 0.507. The summed E-state index contributed by atoms with van der Waals surface area (Å²) in [6.45, 7) is 0. The van der Waals surface area contributed by atoms with E-state index in [9.17, 15) is 4.79 Å². The molecule has 1 aromatic heterocycles. The fraction of sp³-hybridized carbons (Fsp3) is 0.583. The molecular formula is C12H15N3O2. The SMILES string of the molecule is O=C(O)c1ccnc(NC2CCC23CCC3)n1. The van der Waals surface area contributed by atoms with Gasteiger partial charge in [0, 0.05) is 12.2 Å². The molecule has 2 saturated carbocycles. The molecule has 0 aromatic carbocycles. The van der Waals surface area contributed by atoms with Crippen LogP contribution in [-0.2, 0) is 0 Å². The van der Waals surface area contributed by atoms with E-state index in [1.165, 1.54) is 37.9 Å². The van der Waals surface area contributed by atoms with E-state index >= 15 is 0 Å². The molecule has 90 valence electrons. The number of hydrogen-bond acceptors (Lipinski definition) is 4. The Hall–Kier alpha value is -1.65. The van der Waals surface area contributed by atoms with Gasteiger partial charge in [-0.15, -0.1) is 0 Å². The smallest absolute Gasteiger partial charge is 0.354 e. The van der Waals surface area contributed by atoms with Gasteiger partial charge in [0.25, 0.3) is 0 Å². The Morgan fingerprint density at radius 2 is 2.29 bits per heavy atom. The van der Waals surface area contributed by atoms with Crippen LogP contribution >= 0.6 is 0 Å². The Morgan fingerprint density at radius 1 is 1.47 bits per heavy atom. The molecule has 1 heterocycles. The molecule has 0 radical (unpaired) electrons. The number of carbonyl (C=O) groups is 1. The van der Waals surface area contributed by atoms with Crippen molar-refractivity contribution in [2.24, 2.45) is 5.41 Å². The molecule has 0 bridgehead atoms. The largest absolute Gasteiger partial charge is 0.477 e. The predicted octanol–water partition coefficient (Wildman–Crippen LogP) is 1.92. The molecular weight excluding hydrogens is 218 g/mol. The van der Waals surface area contributed by atoms with Crippen molar-refractivity contribution in [1.29, 1.82) is 0 Å². The average Bonchev–Trinajstić information content (AvgIpc) is 2.23. The number of aromatic nitrogens is 2. The third-order valence-corrected chi connectivity index (χ3v) is 4.20. The van der Waals surface area contributed by atoms with Gasteiger partial charge in [-0.2, -0.15) is 0 Å². The molecule has 0 amide bonds. The summed E-state index contributed by atoms with van der Waals surface area (Å²) in [6, 6.07) is 1.84. The standard InChI is InChI=1S/C12H15N3O2/c16-10(17)8-3-7-13-11(14-8)15-9-2-6-12(9)4-1-5-12/h3,7,9H,1-2,4-6H2,(H,16,17)(H,13,14,15). The first-order valence-corrected chi connectivity index (χ1v) is 6.03. The average molecular weight is 233 g/mol. The summed E-state index contributed by atoms with van der Waals surface area (Å²) in [5, 5.41) is 12.1. The molecule has 1 atom stereocenters. The highest BCUT2D eigenvalue weighted by molar-refractivity contribution is 5.85. The molecule has 5 nitrogen and oxygen atoms in total. The first kappa shape index (κ1) is 10.5. The number of carboxylic acids is 1. The third-order valence-electron chi connectivity index (χ3n) is 4.20. The zero-order chi connectivity index (χ0) is 11.9. The van der Waals surface area contributed by atoms with Gasteiger partial charge in [-0.3, -0.25) is 0 Å². The number of rotatable bonds is 3. The second-order valence-corrected chi connectivity index (χ2v) is 5.02. The summed E-state index contributed by atoms with van der Waals surface area (Å²) >= 11 is 0. The van der Waals surface area contributed by atoms with Gasteiger partial charge < -0.3 is 10.4 Å². The van der Waals surface area contributed by atoms with E-state index < -0.39 is 5.97 Å². The van der Waals surface area contributed by atoms with Gasteiger partial charge in [-0.05, 0) is 37.2 Å².